The van der Waals surface area contributed by atoms with E-state index in [1.54, 1.807) is 17.0 Å². The number of nitrogens with one attached hydrogen (secondary N) is 2. The van der Waals surface area contributed by atoms with Crippen molar-refractivity contribution in [2.45, 2.75) is 6.92 Å². The van der Waals surface area contributed by atoms with Crippen LogP contribution in [0.3, 0.4) is 0 Å². The first-order valence-electron chi connectivity index (χ1n) is 9.22. The maximum Gasteiger partial charge on any atom is 0.253 e. The second-order valence-electron chi connectivity index (χ2n) is 7.03. The van der Waals surface area contributed by atoms with E-state index in [1.165, 1.54) is 0 Å². The molecule has 152 valence electrons. The number of hydrogen-bond donors (Lipinski definition) is 2. The Balaban J connectivity index is 2.31. The Kier molecular flexibility index (Phi) is 7.46. The number of carbonyl (C=O) groups excluding carboxylic acids is 1. The Hall–Kier alpha value is -1.84. The van der Waals surface area contributed by atoms with E-state index < -0.39 is 10.0 Å². The molecule has 1 aromatic carbocycles. The zero-order valence-corrected chi connectivity index (χ0v) is 17.5. The molecule has 0 saturated carbocycles. The van der Waals surface area contributed by atoms with Crippen molar-refractivity contribution >= 4 is 27.3 Å². The lowest BCUT2D eigenvalue weighted by atomic mass is 10.1. The van der Waals surface area contributed by atoms with Crippen molar-refractivity contribution in [3.63, 3.8) is 0 Å². The number of carbonyl (C=O) groups is 1. The Morgan fingerprint density at radius 3 is 2.44 bits per heavy atom. The van der Waals surface area contributed by atoms with Gasteiger partial charge in [-0.25, -0.2) is 8.42 Å². The number of likely N-dealkylation sites (N-methyl/N-ethyl adjacent to an activating group) is 2. The van der Waals surface area contributed by atoms with Crippen LogP contribution in [0.2, 0.25) is 0 Å². The Labute approximate surface area is 162 Å². The molecule has 1 aliphatic rings. The lowest BCUT2D eigenvalue weighted by Gasteiger charge is -2.31. The number of nitrogens with zero attached hydrogens (tertiary/aromatic N) is 3. The minimum atomic E-state index is -3.45. The van der Waals surface area contributed by atoms with Gasteiger partial charge in [-0.1, -0.05) is 0 Å². The van der Waals surface area contributed by atoms with Crippen LogP contribution in [-0.2, 0) is 10.0 Å². The van der Waals surface area contributed by atoms with Gasteiger partial charge in [0, 0.05) is 51.4 Å². The predicted octanol–water partition coefficient (Wildman–Crippen LogP) is 0.491. The van der Waals surface area contributed by atoms with Gasteiger partial charge in [-0.3, -0.25) is 9.52 Å². The maximum absolute atomic E-state index is 12.9. The lowest BCUT2D eigenvalue weighted by molar-refractivity contribution is 0.0754. The first-order valence-corrected chi connectivity index (χ1v) is 11.1. The molecule has 0 bridgehead atoms. The van der Waals surface area contributed by atoms with Gasteiger partial charge in [-0.2, -0.15) is 0 Å². The number of amides is 1. The monoisotopic (exact) mass is 397 g/mol. The van der Waals surface area contributed by atoms with Gasteiger partial charge >= 0.3 is 0 Å². The van der Waals surface area contributed by atoms with E-state index in [9.17, 15) is 13.2 Å². The molecule has 0 aromatic heterocycles. The summed E-state index contributed by atoms with van der Waals surface area (Å²) in [6.45, 7) is 7.19. The number of sulfonamides is 1. The standard InChI is InChI=1S/C18H31N5O3S/c1-5-22(13-12-21(2)3)18(24)15-6-7-17(23-10-8-19-9-11-23)16(14-15)20-27(4,25)26/h6-7,14,19-20H,5,8-13H2,1-4H3. The lowest BCUT2D eigenvalue weighted by Crippen LogP contribution is -2.43. The summed E-state index contributed by atoms with van der Waals surface area (Å²) in [6, 6.07) is 5.27. The summed E-state index contributed by atoms with van der Waals surface area (Å²) in [5.41, 5.74) is 1.74. The smallest absolute Gasteiger partial charge is 0.253 e. The van der Waals surface area contributed by atoms with Gasteiger partial charge in [0.05, 0.1) is 17.6 Å². The predicted molar refractivity (Wildman–Crippen MR) is 110 cm³/mol. The van der Waals surface area contributed by atoms with Crippen molar-refractivity contribution in [1.82, 2.24) is 15.1 Å². The largest absolute Gasteiger partial charge is 0.367 e. The molecule has 0 aliphatic carbocycles. The van der Waals surface area contributed by atoms with Gasteiger partial charge in [-0.15, -0.1) is 0 Å². The molecular weight excluding hydrogens is 366 g/mol. The van der Waals surface area contributed by atoms with Crippen molar-refractivity contribution in [2.75, 3.05) is 75.8 Å². The fourth-order valence-corrected chi connectivity index (χ4v) is 3.60. The van der Waals surface area contributed by atoms with Gasteiger partial charge in [0.25, 0.3) is 5.91 Å². The molecule has 2 rings (SSSR count). The maximum atomic E-state index is 12.9. The Morgan fingerprint density at radius 2 is 1.89 bits per heavy atom. The van der Waals surface area contributed by atoms with Crippen LogP contribution in [0.5, 0.6) is 0 Å². The molecule has 8 nitrogen and oxygen atoms in total. The first-order chi connectivity index (χ1) is 12.7. The number of hydrogen-bond acceptors (Lipinski definition) is 6. The van der Waals surface area contributed by atoms with Gasteiger partial charge in [0.2, 0.25) is 10.0 Å². The van der Waals surface area contributed by atoms with Crippen LogP contribution < -0.4 is 14.9 Å². The number of rotatable bonds is 8. The molecule has 27 heavy (non-hydrogen) atoms. The fraction of sp³-hybridized carbons (Fsp3) is 0.611. The van der Waals surface area contributed by atoms with Crippen molar-refractivity contribution in [2.24, 2.45) is 0 Å². The molecule has 1 fully saturated rings. The summed E-state index contributed by atoms with van der Waals surface area (Å²) < 4.78 is 26.3. The highest BCUT2D eigenvalue weighted by Gasteiger charge is 2.20. The van der Waals surface area contributed by atoms with E-state index in [1.807, 2.05) is 32.0 Å². The van der Waals surface area contributed by atoms with Crippen LogP contribution >= 0.6 is 0 Å². The summed E-state index contributed by atoms with van der Waals surface area (Å²) in [7, 11) is 0.482. The first kappa shape index (κ1) is 21.5. The third kappa shape index (κ3) is 6.37. The van der Waals surface area contributed by atoms with E-state index in [2.05, 4.69) is 14.9 Å². The topological polar surface area (TPSA) is 85.0 Å². The molecule has 0 unspecified atom stereocenters. The molecule has 1 saturated heterocycles. The van der Waals surface area contributed by atoms with E-state index in [4.69, 9.17) is 0 Å². The second kappa shape index (κ2) is 9.38. The van der Waals surface area contributed by atoms with E-state index in [-0.39, 0.29) is 5.91 Å². The van der Waals surface area contributed by atoms with E-state index >= 15 is 0 Å². The fourth-order valence-electron chi connectivity index (χ4n) is 3.04. The molecule has 1 amide bonds. The summed E-state index contributed by atoms with van der Waals surface area (Å²) in [4.78, 5) is 18.8. The highest BCUT2D eigenvalue weighted by molar-refractivity contribution is 7.92. The van der Waals surface area contributed by atoms with E-state index in [0.717, 1.165) is 44.7 Å². The van der Waals surface area contributed by atoms with Gasteiger partial charge in [0.15, 0.2) is 0 Å². The van der Waals surface area contributed by atoms with Crippen molar-refractivity contribution in [3.8, 4) is 0 Å². The zero-order valence-electron chi connectivity index (χ0n) is 16.7. The van der Waals surface area contributed by atoms with Gasteiger partial charge in [-0.05, 0) is 39.2 Å². The average Bonchev–Trinajstić information content (AvgIpc) is 2.61. The number of benzene rings is 1. The third-order valence-corrected chi connectivity index (χ3v) is 5.07. The number of anilines is 2. The minimum Gasteiger partial charge on any atom is -0.367 e. The Bertz CT molecular complexity index is 745. The molecule has 2 N–H and O–H groups in total. The van der Waals surface area contributed by atoms with Gasteiger partial charge < -0.3 is 20.0 Å². The average molecular weight is 398 g/mol. The van der Waals surface area contributed by atoms with Crippen LogP contribution in [0.4, 0.5) is 11.4 Å². The zero-order chi connectivity index (χ0) is 20.0. The SMILES string of the molecule is CCN(CCN(C)C)C(=O)c1ccc(N2CCNCC2)c(NS(C)(=O)=O)c1. The van der Waals surface area contributed by atoms with Crippen LogP contribution in [0.25, 0.3) is 0 Å². The highest BCUT2D eigenvalue weighted by Crippen LogP contribution is 2.29. The molecule has 1 aliphatic heterocycles. The third-order valence-electron chi connectivity index (χ3n) is 4.48. The molecular formula is C18H31N5O3S. The molecule has 9 heteroatoms. The highest BCUT2D eigenvalue weighted by atomic mass is 32.2. The van der Waals surface area contributed by atoms with Crippen LogP contribution in [0.1, 0.15) is 17.3 Å². The van der Waals surface area contributed by atoms with Crippen molar-refractivity contribution in [1.29, 1.82) is 0 Å². The molecule has 0 atom stereocenters. The molecule has 0 radical (unpaired) electrons. The van der Waals surface area contributed by atoms with Crippen molar-refractivity contribution < 1.29 is 13.2 Å². The molecule has 1 aromatic rings. The molecule has 0 spiro atoms. The quantitative estimate of drug-likeness (QED) is 0.664. The van der Waals surface area contributed by atoms with Crippen LogP contribution in [0.15, 0.2) is 18.2 Å². The normalized spacial score (nSPS) is 15.1. The summed E-state index contributed by atoms with van der Waals surface area (Å²) in [6.07, 6.45) is 1.12. The summed E-state index contributed by atoms with van der Waals surface area (Å²) in [5, 5.41) is 3.28. The van der Waals surface area contributed by atoms with Crippen LogP contribution in [0, 0.1) is 0 Å². The van der Waals surface area contributed by atoms with Crippen molar-refractivity contribution in [3.05, 3.63) is 23.8 Å². The number of piperazine rings is 1. The Morgan fingerprint density at radius 1 is 1.22 bits per heavy atom. The summed E-state index contributed by atoms with van der Waals surface area (Å²) >= 11 is 0. The van der Waals surface area contributed by atoms with Gasteiger partial charge in [0.1, 0.15) is 0 Å². The van der Waals surface area contributed by atoms with Crippen LogP contribution in [-0.4, -0.2) is 90.3 Å². The minimum absolute atomic E-state index is 0.0947. The molecule has 1 heterocycles. The summed E-state index contributed by atoms with van der Waals surface area (Å²) in [5.74, 6) is -0.0947. The van der Waals surface area contributed by atoms with E-state index in [0.29, 0.717) is 24.3 Å². The second-order valence-corrected chi connectivity index (χ2v) is 8.78.